The van der Waals surface area contributed by atoms with Crippen molar-refractivity contribution >= 4 is 35.6 Å². The third kappa shape index (κ3) is 12.1. The van der Waals surface area contributed by atoms with Crippen LogP contribution >= 0.6 is 0 Å². The van der Waals surface area contributed by atoms with E-state index in [-0.39, 0.29) is 5.92 Å². The molecule has 4 amide bonds. The van der Waals surface area contributed by atoms with E-state index in [4.69, 9.17) is 9.47 Å². The largest absolute Gasteiger partial charge is 0.467 e. The third-order valence-corrected chi connectivity index (χ3v) is 6.66. The minimum atomic E-state index is -4.65. The maximum atomic E-state index is 15.3. The number of carbonyl (C=O) groups is 6. The van der Waals surface area contributed by atoms with E-state index in [1.165, 1.54) is 27.7 Å². The maximum absolute atomic E-state index is 15.3. The van der Waals surface area contributed by atoms with Crippen LogP contribution in [0.3, 0.4) is 0 Å². The number of alkyl halides is 2. The molecule has 0 aromatic rings. The Kier molecular flexibility index (Phi) is 15.2. The number of alkyl carbamates (subject to hydrolysis) is 1. The summed E-state index contributed by atoms with van der Waals surface area (Å²) < 4.78 is 40.6. The zero-order chi connectivity index (χ0) is 34.0. The molecule has 0 aliphatic rings. The van der Waals surface area contributed by atoms with Gasteiger partial charge in [-0.05, 0) is 44.4 Å². The molecule has 248 valence electrons. The van der Waals surface area contributed by atoms with Gasteiger partial charge in [0.15, 0.2) is 0 Å². The van der Waals surface area contributed by atoms with Gasteiger partial charge in [-0.25, -0.2) is 9.59 Å². The van der Waals surface area contributed by atoms with Gasteiger partial charge in [-0.15, -0.1) is 0 Å². The van der Waals surface area contributed by atoms with Crippen molar-refractivity contribution in [3.63, 3.8) is 0 Å². The standard InChI is InChI=1S/C29H50F2N4O8/c1-13-17(8)21(25(39)42-12)33-23(37)19(15(4)5)34-26(40)29(30,31)22(36)18(14(2)3)32-24(38)20(16(6)7)35-27(41)43-28(9,10)11/h14-21H,13H2,1-12H3,(H,32,38)(H,33,37)(H,34,40)(H,35,41)/t17?,18-,19-,20-,21-/m0/s1. The molecule has 4 N–H and O–H groups in total. The summed E-state index contributed by atoms with van der Waals surface area (Å²) in [6.45, 7) is 17.3. The molecule has 0 saturated carbocycles. The van der Waals surface area contributed by atoms with Gasteiger partial charge in [0.05, 0.1) is 13.2 Å². The molecule has 12 nitrogen and oxygen atoms in total. The second-order valence-corrected chi connectivity index (χ2v) is 12.6. The molecule has 0 heterocycles. The van der Waals surface area contributed by atoms with Crippen molar-refractivity contribution in [2.75, 3.05) is 7.11 Å². The number of nitrogens with one attached hydrogen (secondary N) is 4. The van der Waals surface area contributed by atoms with Crippen molar-refractivity contribution in [3.05, 3.63) is 0 Å². The minimum Gasteiger partial charge on any atom is -0.467 e. The van der Waals surface area contributed by atoms with Crippen molar-refractivity contribution < 1.29 is 47.0 Å². The van der Waals surface area contributed by atoms with Gasteiger partial charge < -0.3 is 30.7 Å². The van der Waals surface area contributed by atoms with Crippen LogP contribution in [0, 0.1) is 23.7 Å². The average molecular weight is 621 g/mol. The molecule has 0 aliphatic carbocycles. The van der Waals surface area contributed by atoms with E-state index in [2.05, 4.69) is 16.0 Å². The molecule has 0 radical (unpaired) electrons. The average Bonchev–Trinajstić information content (AvgIpc) is 2.88. The van der Waals surface area contributed by atoms with Crippen LogP contribution in [-0.4, -0.2) is 78.4 Å². The summed E-state index contributed by atoms with van der Waals surface area (Å²) in [5.41, 5.74) is -0.868. The van der Waals surface area contributed by atoms with E-state index >= 15 is 8.78 Å². The summed E-state index contributed by atoms with van der Waals surface area (Å²) >= 11 is 0. The highest BCUT2D eigenvalue weighted by molar-refractivity contribution is 6.11. The smallest absolute Gasteiger partial charge is 0.408 e. The zero-order valence-corrected chi connectivity index (χ0v) is 27.3. The summed E-state index contributed by atoms with van der Waals surface area (Å²) in [6.07, 6.45) is -0.433. The Morgan fingerprint density at radius 1 is 0.674 bits per heavy atom. The molecule has 14 heteroatoms. The monoisotopic (exact) mass is 620 g/mol. The fourth-order valence-corrected chi connectivity index (χ4v) is 3.86. The summed E-state index contributed by atoms with van der Waals surface area (Å²) in [5.74, 6) is -13.7. The number of Topliss-reactive ketones (excluding diaryl/α,β-unsaturated/α-hetero) is 1. The molecule has 0 bridgehead atoms. The van der Waals surface area contributed by atoms with Gasteiger partial charge in [-0.2, -0.15) is 8.78 Å². The first-order valence-electron chi connectivity index (χ1n) is 14.4. The Morgan fingerprint density at radius 2 is 1.09 bits per heavy atom. The Morgan fingerprint density at radius 3 is 1.47 bits per heavy atom. The first kappa shape index (κ1) is 39.7. The van der Waals surface area contributed by atoms with Gasteiger partial charge in [0, 0.05) is 0 Å². The van der Waals surface area contributed by atoms with Crippen LogP contribution in [0.2, 0.25) is 0 Å². The van der Waals surface area contributed by atoms with Crippen LogP contribution in [0.1, 0.15) is 82.6 Å². The Hall–Kier alpha value is -3.32. The van der Waals surface area contributed by atoms with Gasteiger partial charge in [0.25, 0.3) is 5.91 Å². The molecule has 1 unspecified atom stereocenters. The number of hydrogen-bond donors (Lipinski definition) is 4. The Bertz CT molecular complexity index is 1010. The van der Waals surface area contributed by atoms with Gasteiger partial charge >= 0.3 is 18.0 Å². The number of ketones is 1. The Labute approximate surface area is 253 Å². The predicted octanol–water partition coefficient (Wildman–Crippen LogP) is 2.73. The SMILES string of the molecule is CCC(C)[C@H](NC(=O)[C@@H](NC(=O)C(F)(F)C(=O)[C@@H](NC(=O)[C@@H](NC(=O)OC(C)(C)C)C(C)C)C(C)C)C(C)C)C(=O)OC. The maximum Gasteiger partial charge on any atom is 0.408 e. The lowest BCUT2D eigenvalue weighted by molar-refractivity contribution is -0.162. The molecular weight excluding hydrogens is 570 g/mol. The first-order valence-corrected chi connectivity index (χ1v) is 14.4. The van der Waals surface area contributed by atoms with Crippen LogP contribution < -0.4 is 21.3 Å². The number of carbonyl (C=O) groups excluding carboxylic acids is 6. The van der Waals surface area contributed by atoms with Gasteiger partial charge in [-0.1, -0.05) is 61.8 Å². The summed E-state index contributed by atoms with van der Waals surface area (Å²) in [4.78, 5) is 76.3. The van der Waals surface area contributed by atoms with Gasteiger partial charge in [-0.3, -0.25) is 19.2 Å². The number of amides is 4. The third-order valence-electron chi connectivity index (χ3n) is 6.66. The first-order chi connectivity index (χ1) is 19.5. The lowest BCUT2D eigenvalue weighted by atomic mass is 9.93. The highest BCUT2D eigenvalue weighted by Crippen LogP contribution is 2.22. The van der Waals surface area contributed by atoms with E-state index < -0.39 is 89.0 Å². The molecular formula is C29H50F2N4O8. The molecule has 0 aromatic carbocycles. The van der Waals surface area contributed by atoms with E-state index in [1.807, 2.05) is 5.32 Å². The normalized spacial score (nSPS) is 15.6. The lowest BCUT2D eigenvalue weighted by Gasteiger charge is -2.30. The van der Waals surface area contributed by atoms with Crippen LogP contribution in [0.4, 0.5) is 13.6 Å². The number of hydrogen-bond acceptors (Lipinski definition) is 8. The van der Waals surface area contributed by atoms with E-state index in [1.54, 1.807) is 48.5 Å². The van der Waals surface area contributed by atoms with Crippen LogP contribution in [0.15, 0.2) is 0 Å². The molecule has 0 spiro atoms. The molecule has 0 aromatic heterocycles. The number of rotatable bonds is 15. The lowest BCUT2D eigenvalue weighted by Crippen LogP contribution is -2.62. The molecule has 0 saturated heterocycles. The number of esters is 1. The zero-order valence-electron chi connectivity index (χ0n) is 27.3. The quantitative estimate of drug-likeness (QED) is 0.160. The summed E-state index contributed by atoms with van der Waals surface area (Å²) in [6, 6.07) is -5.69. The second kappa shape index (κ2) is 16.5. The molecule has 0 aliphatic heterocycles. The molecule has 0 rings (SSSR count). The number of ether oxygens (including phenoxy) is 2. The van der Waals surface area contributed by atoms with Crippen LogP contribution in [-0.2, 0) is 33.4 Å². The highest BCUT2D eigenvalue weighted by Gasteiger charge is 2.52. The number of methoxy groups -OCH3 is 1. The van der Waals surface area contributed by atoms with E-state index in [0.717, 1.165) is 7.11 Å². The number of halogens is 2. The van der Waals surface area contributed by atoms with Crippen LogP contribution in [0.25, 0.3) is 0 Å². The fraction of sp³-hybridized carbons (Fsp3) is 0.793. The van der Waals surface area contributed by atoms with Crippen molar-refractivity contribution in [2.45, 2.75) is 118 Å². The van der Waals surface area contributed by atoms with Crippen molar-refractivity contribution in [1.82, 2.24) is 21.3 Å². The molecule has 0 fully saturated rings. The summed E-state index contributed by atoms with van der Waals surface area (Å²) in [5, 5.41) is 9.00. The topological polar surface area (TPSA) is 169 Å². The molecule has 5 atom stereocenters. The van der Waals surface area contributed by atoms with Gasteiger partial charge in [0.1, 0.15) is 23.7 Å². The fourth-order valence-electron chi connectivity index (χ4n) is 3.86. The van der Waals surface area contributed by atoms with Crippen LogP contribution in [0.5, 0.6) is 0 Å². The second-order valence-electron chi connectivity index (χ2n) is 12.6. The predicted molar refractivity (Wildman–Crippen MR) is 155 cm³/mol. The minimum absolute atomic E-state index is 0.363. The molecule has 43 heavy (non-hydrogen) atoms. The highest BCUT2D eigenvalue weighted by atomic mass is 19.3. The van der Waals surface area contributed by atoms with E-state index in [9.17, 15) is 28.8 Å². The van der Waals surface area contributed by atoms with E-state index in [0.29, 0.717) is 6.42 Å². The summed E-state index contributed by atoms with van der Waals surface area (Å²) in [7, 11) is 1.14. The van der Waals surface area contributed by atoms with Gasteiger partial charge in [0.2, 0.25) is 17.6 Å². The van der Waals surface area contributed by atoms with Crippen molar-refractivity contribution in [1.29, 1.82) is 0 Å². The van der Waals surface area contributed by atoms with Crippen molar-refractivity contribution in [2.24, 2.45) is 23.7 Å². The Balaban J connectivity index is 5.96. The van der Waals surface area contributed by atoms with Crippen molar-refractivity contribution in [3.8, 4) is 0 Å².